The van der Waals surface area contributed by atoms with E-state index in [1.807, 2.05) is 6.20 Å². The van der Waals surface area contributed by atoms with Gasteiger partial charge in [0.25, 0.3) is 0 Å². The minimum absolute atomic E-state index is 0.200. The molecule has 1 nitrogen and oxygen atoms in total. The van der Waals surface area contributed by atoms with E-state index in [1.54, 1.807) is 12.1 Å². The second-order valence-electron chi connectivity index (χ2n) is 4.96. The highest BCUT2D eigenvalue weighted by Crippen LogP contribution is 2.33. The molecule has 2 aromatic rings. The molecule has 3 rings (SSSR count). The van der Waals surface area contributed by atoms with Crippen molar-refractivity contribution in [1.29, 1.82) is 0 Å². The van der Waals surface area contributed by atoms with Crippen LogP contribution < -0.4 is 0 Å². The van der Waals surface area contributed by atoms with Crippen molar-refractivity contribution >= 4 is 0 Å². The van der Waals surface area contributed by atoms with Crippen molar-refractivity contribution in [3.63, 3.8) is 0 Å². The number of hydrogen-bond acceptors (Lipinski definition) is 1. The van der Waals surface area contributed by atoms with Gasteiger partial charge in [-0.15, -0.1) is 0 Å². The van der Waals surface area contributed by atoms with Crippen LogP contribution in [0.3, 0.4) is 0 Å². The van der Waals surface area contributed by atoms with Crippen molar-refractivity contribution in [2.45, 2.75) is 31.6 Å². The van der Waals surface area contributed by atoms with Gasteiger partial charge in [0.2, 0.25) is 0 Å². The highest BCUT2D eigenvalue weighted by Gasteiger charge is 2.17. The average molecular weight is 241 g/mol. The summed E-state index contributed by atoms with van der Waals surface area (Å²) in [5.74, 6) is 0.446. The van der Waals surface area contributed by atoms with Crippen LogP contribution >= 0.6 is 0 Å². The molecular weight excluding hydrogens is 225 g/mol. The second kappa shape index (κ2) is 4.89. The number of pyridine rings is 1. The lowest BCUT2D eigenvalue weighted by molar-refractivity contribution is 0.628. The first-order chi connectivity index (χ1) is 8.83. The van der Waals surface area contributed by atoms with Crippen LogP contribution in [-0.2, 0) is 0 Å². The quantitative estimate of drug-likeness (QED) is 0.752. The number of aromatic nitrogens is 1. The molecule has 2 heteroatoms. The molecule has 1 fully saturated rings. The third kappa shape index (κ3) is 2.28. The van der Waals surface area contributed by atoms with Gasteiger partial charge in [0.05, 0.1) is 0 Å². The van der Waals surface area contributed by atoms with Crippen molar-refractivity contribution in [2.24, 2.45) is 0 Å². The van der Waals surface area contributed by atoms with Crippen LogP contribution in [0.25, 0.3) is 11.1 Å². The van der Waals surface area contributed by atoms with Crippen LogP contribution in [-0.4, -0.2) is 4.98 Å². The smallest absolute Gasteiger partial charge is 0.123 e. The standard InChI is InChI=1S/C16H16FN/c17-15-8-5-12(6-9-15)14-7-10-16(18-11-14)13-3-1-2-4-13/h5-11,13H,1-4H2. The summed E-state index contributed by atoms with van der Waals surface area (Å²) in [5.41, 5.74) is 3.27. The molecule has 1 aliphatic rings. The Morgan fingerprint density at radius 2 is 1.56 bits per heavy atom. The molecule has 0 amide bonds. The molecular formula is C16H16FN. The van der Waals surface area contributed by atoms with E-state index < -0.39 is 0 Å². The minimum Gasteiger partial charge on any atom is -0.260 e. The highest BCUT2D eigenvalue weighted by molar-refractivity contribution is 5.62. The molecule has 0 saturated heterocycles. The van der Waals surface area contributed by atoms with Crippen molar-refractivity contribution in [1.82, 2.24) is 4.98 Å². The molecule has 0 N–H and O–H groups in total. The third-order valence-electron chi connectivity index (χ3n) is 3.74. The van der Waals surface area contributed by atoms with Crippen LogP contribution in [0, 0.1) is 5.82 Å². The van der Waals surface area contributed by atoms with Crippen LogP contribution in [0.5, 0.6) is 0 Å². The molecule has 0 radical (unpaired) electrons. The fourth-order valence-corrected chi connectivity index (χ4v) is 2.68. The van der Waals surface area contributed by atoms with Crippen molar-refractivity contribution < 1.29 is 4.39 Å². The predicted octanol–water partition coefficient (Wildman–Crippen LogP) is 4.55. The van der Waals surface area contributed by atoms with Crippen LogP contribution in [0.1, 0.15) is 37.3 Å². The van der Waals surface area contributed by atoms with Gasteiger partial charge < -0.3 is 0 Å². The Balaban J connectivity index is 1.84. The molecule has 0 bridgehead atoms. The van der Waals surface area contributed by atoms with Crippen molar-refractivity contribution in [3.05, 3.63) is 54.1 Å². The summed E-state index contributed by atoms with van der Waals surface area (Å²) in [5, 5.41) is 0. The predicted molar refractivity (Wildman–Crippen MR) is 70.8 cm³/mol. The van der Waals surface area contributed by atoms with E-state index >= 15 is 0 Å². The number of hydrogen-bond donors (Lipinski definition) is 0. The highest BCUT2D eigenvalue weighted by atomic mass is 19.1. The van der Waals surface area contributed by atoms with E-state index in [0.29, 0.717) is 5.92 Å². The summed E-state index contributed by atoms with van der Waals surface area (Å²) >= 11 is 0. The summed E-state index contributed by atoms with van der Waals surface area (Å²) in [6, 6.07) is 10.8. The lowest BCUT2D eigenvalue weighted by Gasteiger charge is -2.09. The minimum atomic E-state index is -0.200. The summed E-state index contributed by atoms with van der Waals surface area (Å²) in [7, 11) is 0. The van der Waals surface area contributed by atoms with Gasteiger partial charge in [-0.05, 0) is 36.6 Å². The Bertz CT molecular complexity index is 510. The van der Waals surface area contributed by atoms with E-state index in [4.69, 9.17) is 0 Å². The largest absolute Gasteiger partial charge is 0.260 e. The summed E-state index contributed by atoms with van der Waals surface area (Å²) in [6.45, 7) is 0. The topological polar surface area (TPSA) is 12.9 Å². The van der Waals surface area contributed by atoms with Gasteiger partial charge in [-0.3, -0.25) is 4.98 Å². The third-order valence-corrected chi connectivity index (χ3v) is 3.74. The van der Waals surface area contributed by atoms with Crippen molar-refractivity contribution in [2.75, 3.05) is 0 Å². The Kier molecular flexibility index (Phi) is 3.09. The van der Waals surface area contributed by atoms with E-state index in [0.717, 1.165) is 11.1 Å². The number of benzene rings is 1. The van der Waals surface area contributed by atoms with E-state index in [-0.39, 0.29) is 5.82 Å². The molecule has 1 aromatic carbocycles. The molecule has 0 unspecified atom stereocenters. The first-order valence-electron chi connectivity index (χ1n) is 6.55. The SMILES string of the molecule is Fc1ccc(-c2ccc(C3CCCC3)nc2)cc1. The Hall–Kier alpha value is -1.70. The Labute approximate surface area is 107 Å². The monoisotopic (exact) mass is 241 g/mol. The molecule has 1 aliphatic carbocycles. The van der Waals surface area contributed by atoms with Gasteiger partial charge in [0.1, 0.15) is 5.82 Å². The average Bonchev–Trinajstić information content (AvgIpc) is 2.94. The Morgan fingerprint density at radius 3 is 2.17 bits per heavy atom. The van der Waals surface area contributed by atoms with Gasteiger partial charge in [-0.2, -0.15) is 0 Å². The lowest BCUT2D eigenvalue weighted by Crippen LogP contribution is -1.95. The summed E-state index contributed by atoms with van der Waals surface area (Å²) in [6.07, 6.45) is 7.09. The van der Waals surface area contributed by atoms with Gasteiger partial charge in [-0.1, -0.05) is 31.0 Å². The molecule has 1 heterocycles. The molecule has 1 saturated carbocycles. The molecule has 0 aliphatic heterocycles. The number of halogens is 1. The normalized spacial score (nSPS) is 16.1. The number of rotatable bonds is 2. The van der Waals surface area contributed by atoms with Crippen LogP contribution in [0.2, 0.25) is 0 Å². The second-order valence-corrected chi connectivity index (χ2v) is 4.96. The zero-order valence-corrected chi connectivity index (χ0v) is 10.3. The summed E-state index contributed by atoms with van der Waals surface area (Å²) < 4.78 is 12.9. The van der Waals surface area contributed by atoms with E-state index in [9.17, 15) is 4.39 Å². The fourth-order valence-electron chi connectivity index (χ4n) is 2.68. The molecule has 0 atom stereocenters. The van der Waals surface area contributed by atoms with Crippen LogP contribution in [0.15, 0.2) is 42.6 Å². The first-order valence-corrected chi connectivity index (χ1v) is 6.55. The molecule has 92 valence electrons. The zero-order chi connectivity index (χ0) is 12.4. The van der Waals surface area contributed by atoms with Crippen LogP contribution in [0.4, 0.5) is 4.39 Å². The molecule has 0 spiro atoms. The van der Waals surface area contributed by atoms with E-state index in [1.165, 1.54) is 43.5 Å². The van der Waals surface area contributed by atoms with Gasteiger partial charge in [0, 0.05) is 23.4 Å². The van der Waals surface area contributed by atoms with Gasteiger partial charge in [-0.25, -0.2) is 4.39 Å². The van der Waals surface area contributed by atoms with Gasteiger partial charge in [0.15, 0.2) is 0 Å². The number of nitrogens with zero attached hydrogens (tertiary/aromatic N) is 1. The maximum atomic E-state index is 12.9. The van der Waals surface area contributed by atoms with Crippen molar-refractivity contribution in [3.8, 4) is 11.1 Å². The zero-order valence-electron chi connectivity index (χ0n) is 10.3. The molecule has 1 aromatic heterocycles. The van der Waals surface area contributed by atoms with Gasteiger partial charge >= 0.3 is 0 Å². The molecule has 18 heavy (non-hydrogen) atoms. The maximum Gasteiger partial charge on any atom is 0.123 e. The Morgan fingerprint density at radius 1 is 0.889 bits per heavy atom. The maximum absolute atomic E-state index is 12.9. The first kappa shape index (κ1) is 11.4. The fraction of sp³-hybridized carbons (Fsp3) is 0.312. The summed E-state index contributed by atoms with van der Waals surface area (Å²) in [4.78, 5) is 4.57. The lowest BCUT2D eigenvalue weighted by atomic mass is 10.0. The van der Waals surface area contributed by atoms with E-state index in [2.05, 4.69) is 17.1 Å².